The van der Waals surface area contributed by atoms with Crippen molar-refractivity contribution in [1.29, 1.82) is 0 Å². The number of primary amides is 1. The van der Waals surface area contributed by atoms with Crippen molar-refractivity contribution in [3.05, 3.63) is 35.9 Å². The number of piperidine rings is 1. The van der Waals surface area contributed by atoms with E-state index in [-0.39, 0.29) is 17.9 Å². The SMILES string of the molecule is NC(=O)CN1CCN(C(C(=O)N2CCCCC2)c2ccccc2)CC1. The molecule has 2 fully saturated rings. The maximum atomic E-state index is 13.3. The van der Waals surface area contributed by atoms with Crippen molar-refractivity contribution in [3.8, 4) is 0 Å². The minimum Gasteiger partial charge on any atom is -0.369 e. The molecule has 0 bridgehead atoms. The highest BCUT2D eigenvalue weighted by Crippen LogP contribution is 2.26. The van der Waals surface area contributed by atoms with Gasteiger partial charge in [0.15, 0.2) is 0 Å². The summed E-state index contributed by atoms with van der Waals surface area (Å²) in [6, 6.07) is 9.83. The van der Waals surface area contributed by atoms with Crippen molar-refractivity contribution in [2.75, 3.05) is 45.8 Å². The van der Waals surface area contributed by atoms with E-state index in [1.54, 1.807) is 0 Å². The van der Waals surface area contributed by atoms with Crippen molar-refractivity contribution in [1.82, 2.24) is 14.7 Å². The van der Waals surface area contributed by atoms with Gasteiger partial charge in [0.2, 0.25) is 11.8 Å². The lowest BCUT2D eigenvalue weighted by atomic mass is 10.0. The quantitative estimate of drug-likeness (QED) is 0.859. The molecular formula is C19H28N4O2. The van der Waals surface area contributed by atoms with Crippen LogP contribution in [0.25, 0.3) is 0 Å². The maximum Gasteiger partial charge on any atom is 0.244 e. The Hall–Kier alpha value is -1.92. The standard InChI is InChI=1S/C19H28N4O2/c20-17(24)15-21-11-13-22(14-12-21)18(16-7-3-1-4-8-16)19(25)23-9-5-2-6-10-23/h1,3-4,7-8,18H,2,5-6,9-15H2,(H2,20,24). The molecule has 2 heterocycles. The average Bonchev–Trinajstić information content (AvgIpc) is 2.64. The van der Waals surface area contributed by atoms with E-state index in [0.717, 1.165) is 57.7 Å². The van der Waals surface area contributed by atoms with E-state index in [1.165, 1.54) is 6.42 Å². The molecule has 6 heteroatoms. The van der Waals surface area contributed by atoms with Gasteiger partial charge in [-0.1, -0.05) is 30.3 Å². The van der Waals surface area contributed by atoms with Gasteiger partial charge in [-0.05, 0) is 24.8 Å². The molecule has 0 saturated carbocycles. The zero-order valence-electron chi connectivity index (χ0n) is 14.8. The van der Waals surface area contributed by atoms with E-state index in [4.69, 9.17) is 5.73 Å². The monoisotopic (exact) mass is 344 g/mol. The first kappa shape index (κ1) is 17.9. The second-order valence-electron chi connectivity index (χ2n) is 6.98. The number of carbonyl (C=O) groups is 2. The lowest BCUT2D eigenvalue weighted by Gasteiger charge is -2.40. The Morgan fingerprint density at radius 3 is 2.16 bits per heavy atom. The Balaban J connectivity index is 1.73. The van der Waals surface area contributed by atoms with Crippen molar-refractivity contribution in [3.63, 3.8) is 0 Å². The Morgan fingerprint density at radius 1 is 0.920 bits per heavy atom. The van der Waals surface area contributed by atoms with E-state index < -0.39 is 0 Å². The molecule has 2 aliphatic rings. The van der Waals surface area contributed by atoms with Gasteiger partial charge in [0.05, 0.1) is 6.54 Å². The molecule has 1 aromatic carbocycles. The minimum atomic E-state index is -0.294. The number of benzene rings is 1. The van der Waals surface area contributed by atoms with Gasteiger partial charge in [0.1, 0.15) is 6.04 Å². The van der Waals surface area contributed by atoms with Gasteiger partial charge in [-0.2, -0.15) is 0 Å². The predicted molar refractivity (Wildman–Crippen MR) is 96.8 cm³/mol. The summed E-state index contributed by atoms with van der Waals surface area (Å²) in [6.45, 7) is 5.09. The Morgan fingerprint density at radius 2 is 1.56 bits per heavy atom. The number of amides is 2. The predicted octanol–water partition coefficient (Wildman–Crippen LogP) is 0.843. The van der Waals surface area contributed by atoms with Crippen LogP contribution in [0.2, 0.25) is 0 Å². The number of piperazine rings is 1. The van der Waals surface area contributed by atoms with Gasteiger partial charge in [0, 0.05) is 39.3 Å². The molecule has 2 amide bonds. The van der Waals surface area contributed by atoms with Gasteiger partial charge >= 0.3 is 0 Å². The fourth-order valence-electron chi connectivity index (χ4n) is 3.83. The van der Waals surface area contributed by atoms with E-state index in [0.29, 0.717) is 6.54 Å². The van der Waals surface area contributed by atoms with Gasteiger partial charge in [-0.15, -0.1) is 0 Å². The molecule has 0 radical (unpaired) electrons. The van der Waals surface area contributed by atoms with Crippen LogP contribution in [0.3, 0.4) is 0 Å². The van der Waals surface area contributed by atoms with Crippen LogP contribution in [-0.2, 0) is 9.59 Å². The molecule has 136 valence electrons. The number of carbonyl (C=O) groups excluding carboxylic acids is 2. The lowest BCUT2D eigenvalue weighted by molar-refractivity contribution is -0.139. The smallest absolute Gasteiger partial charge is 0.244 e. The number of nitrogens with two attached hydrogens (primary N) is 1. The van der Waals surface area contributed by atoms with E-state index in [2.05, 4.69) is 9.80 Å². The molecule has 2 N–H and O–H groups in total. The molecule has 0 spiro atoms. The molecular weight excluding hydrogens is 316 g/mol. The number of hydrogen-bond acceptors (Lipinski definition) is 4. The molecule has 1 aromatic rings. The number of rotatable bonds is 5. The second-order valence-corrected chi connectivity index (χ2v) is 6.98. The minimum absolute atomic E-state index is 0.217. The number of hydrogen-bond donors (Lipinski definition) is 1. The zero-order chi connectivity index (χ0) is 17.6. The molecule has 2 saturated heterocycles. The van der Waals surface area contributed by atoms with Gasteiger partial charge in [-0.25, -0.2) is 0 Å². The highest BCUT2D eigenvalue weighted by molar-refractivity contribution is 5.83. The van der Waals surface area contributed by atoms with Crippen LogP contribution in [0, 0.1) is 0 Å². The van der Waals surface area contributed by atoms with E-state index in [9.17, 15) is 9.59 Å². The Bertz CT molecular complexity index is 578. The normalized spacial score (nSPS) is 21.0. The Kier molecular flexibility index (Phi) is 6.04. The zero-order valence-corrected chi connectivity index (χ0v) is 14.8. The summed E-state index contributed by atoms with van der Waals surface area (Å²) >= 11 is 0. The van der Waals surface area contributed by atoms with Crippen LogP contribution in [0.15, 0.2) is 30.3 Å². The van der Waals surface area contributed by atoms with Crippen molar-refractivity contribution >= 4 is 11.8 Å². The lowest BCUT2D eigenvalue weighted by Crippen LogP contribution is -2.53. The summed E-state index contributed by atoms with van der Waals surface area (Å²) in [4.78, 5) is 30.7. The van der Waals surface area contributed by atoms with Crippen LogP contribution in [0.4, 0.5) is 0 Å². The van der Waals surface area contributed by atoms with Crippen LogP contribution in [0.1, 0.15) is 30.9 Å². The number of likely N-dealkylation sites (tertiary alicyclic amines) is 1. The molecule has 6 nitrogen and oxygen atoms in total. The third-order valence-electron chi connectivity index (χ3n) is 5.17. The van der Waals surface area contributed by atoms with Crippen LogP contribution >= 0.6 is 0 Å². The molecule has 2 aliphatic heterocycles. The Labute approximate surface area is 149 Å². The maximum absolute atomic E-state index is 13.3. The molecule has 25 heavy (non-hydrogen) atoms. The van der Waals surface area contributed by atoms with Gasteiger partial charge < -0.3 is 10.6 Å². The van der Waals surface area contributed by atoms with Crippen molar-refractivity contribution in [2.24, 2.45) is 5.73 Å². The summed E-state index contributed by atoms with van der Waals surface area (Å²) in [5.41, 5.74) is 6.36. The third-order valence-corrected chi connectivity index (χ3v) is 5.17. The second kappa shape index (κ2) is 8.45. The molecule has 3 rings (SSSR count). The summed E-state index contributed by atoms with van der Waals surface area (Å²) in [5, 5.41) is 0. The first-order chi connectivity index (χ1) is 12.1. The van der Waals surface area contributed by atoms with Crippen LogP contribution in [0.5, 0.6) is 0 Å². The summed E-state index contributed by atoms with van der Waals surface area (Å²) in [6.07, 6.45) is 3.41. The van der Waals surface area contributed by atoms with Gasteiger partial charge in [0.25, 0.3) is 0 Å². The first-order valence-electron chi connectivity index (χ1n) is 9.23. The molecule has 0 aliphatic carbocycles. The highest BCUT2D eigenvalue weighted by atomic mass is 16.2. The highest BCUT2D eigenvalue weighted by Gasteiger charge is 2.33. The first-order valence-corrected chi connectivity index (χ1v) is 9.23. The molecule has 1 atom stereocenters. The van der Waals surface area contributed by atoms with Crippen molar-refractivity contribution in [2.45, 2.75) is 25.3 Å². The fraction of sp³-hybridized carbons (Fsp3) is 0.579. The average molecular weight is 344 g/mol. The largest absolute Gasteiger partial charge is 0.369 e. The van der Waals surface area contributed by atoms with Crippen molar-refractivity contribution < 1.29 is 9.59 Å². The topological polar surface area (TPSA) is 69.9 Å². The van der Waals surface area contributed by atoms with Crippen LogP contribution in [-0.4, -0.2) is 72.3 Å². The molecule has 0 aromatic heterocycles. The summed E-state index contributed by atoms with van der Waals surface area (Å²) in [5.74, 6) is -0.0771. The summed E-state index contributed by atoms with van der Waals surface area (Å²) < 4.78 is 0. The van der Waals surface area contributed by atoms with E-state index >= 15 is 0 Å². The third kappa shape index (κ3) is 4.58. The van der Waals surface area contributed by atoms with Crippen LogP contribution < -0.4 is 5.73 Å². The summed E-state index contributed by atoms with van der Waals surface area (Å²) in [7, 11) is 0. The van der Waals surface area contributed by atoms with Gasteiger partial charge in [-0.3, -0.25) is 19.4 Å². The molecule has 1 unspecified atom stereocenters. The van der Waals surface area contributed by atoms with E-state index in [1.807, 2.05) is 35.2 Å². The fourth-order valence-corrected chi connectivity index (χ4v) is 3.83. The number of nitrogens with zero attached hydrogens (tertiary/aromatic N) is 3.